The summed E-state index contributed by atoms with van der Waals surface area (Å²) in [6.45, 7) is 4.31. The zero-order chi connectivity index (χ0) is 25.2. The van der Waals surface area contributed by atoms with E-state index >= 15 is 0 Å². The summed E-state index contributed by atoms with van der Waals surface area (Å²) in [5, 5.41) is 6.31. The van der Waals surface area contributed by atoms with E-state index in [-0.39, 0.29) is 12.2 Å². The quantitative estimate of drug-likeness (QED) is 0.307. The summed E-state index contributed by atoms with van der Waals surface area (Å²) in [5.74, 6) is -0.979. The molecule has 0 spiro atoms. The Morgan fingerprint density at radius 1 is 0.917 bits per heavy atom. The van der Waals surface area contributed by atoms with Crippen molar-refractivity contribution in [1.29, 1.82) is 0 Å². The van der Waals surface area contributed by atoms with Crippen LogP contribution in [0, 0.1) is 13.8 Å². The molecule has 1 aromatic heterocycles. The van der Waals surface area contributed by atoms with Gasteiger partial charge in [-0.15, -0.1) is 0 Å². The largest absolute Gasteiger partial charge is 0.342 e. The lowest BCUT2D eigenvalue weighted by atomic mass is 10.1. The molecule has 0 atom stereocenters. The van der Waals surface area contributed by atoms with Gasteiger partial charge in [0.15, 0.2) is 0 Å². The van der Waals surface area contributed by atoms with Crippen LogP contribution in [0.3, 0.4) is 0 Å². The fourth-order valence-electron chi connectivity index (χ4n) is 4.26. The molecule has 2 heterocycles. The fraction of sp³-hybridized carbons (Fsp3) is 0.138. The van der Waals surface area contributed by atoms with Crippen LogP contribution < -0.4 is 10.6 Å². The van der Waals surface area contributed by atoms with Crippen molar-refractivity contribution in [2.75, 3.05) is 11.9 Å². The highest BCUT2D eigenvalue weighted by Crippen LogP contribution is 2.26. The molecule has 1 aliphatic rings. The summed E-state index contributed by atoms with van der Waals surface area (Å²) in [5.41, 5.74) is 6.02. The van der Waals surface area contributed by atoms with Gasteiger partial charge in [-0.1, -0.05) is 65.7 Å². The van der Waals surface area contributed by atoms with Gasteiger partial charge in [0.05, 0.1) is 0 Å². The van der Waals surface area contributed by atoms with Crippen LogP contribution in [0.4, 0.5) is 10.5 Å². The molecule has 0 saturated carbocycles. The molecule has 7 nitrogen and oxygen atoms in total. The number of aromatic nitrogens is 1. The van der Waals surface area contributed by atoms with Crippen molar-refractivity contribution in [3.8, 4) is 0 Å². The first-order valence-electron chi connectivity index (χ1n) is 11.7. The molecule has 1 aliphatic heterocycles. The van der Waals surface area contributed by atoms with E-state index in [0.29, 0.717) is 12.2 Å². The first kappa shape index (κ1) is 23.1. The van der Waals surface area contributed by atoms with Crippen LogP contribution >= 0.6 is 0 Å². The van der Waals surface area contributed by atoms with Crippen molar-refractivity contribution in [2.45, 2.75) is 20.4 Å². The Labute approximate surface area is 209 Å². The Hall–Kier alpha value is -4.65. The fourth-order valence-corrected chi connectivity index (χ4v) is 4.26. The van der Waals surface area contributed by atoms with Crippen LogP contribution in [0.2, 0.25) is 0 Å². The number of aryl methyl sites for hydroxylation is 2. The number of carbonyl (C=O) groups is 3. The number of nitrogens with one attached hydrogen (secondary N) is 2. The topological polar surface area (TPSA) is 83.4 Å². The summed E-state index contributed by atoms with van der Waals surface area (Å²) >= 11 is 0. The average Bonchev–Trinajstić information content (AvgIpc) is 3.34. The summed E-state index contributed by atoms with van der Waals surface area (Å²) in [7, 11) is 0. The molecule has 1 fully saturated rings. The molecule has 3 aromatic carbocycles. The molecule has 1 saturated heterocycles. The van der Waals surface area contributed by atoms with E-state index in [0.717, 1.165) is 32.5 Å². The normalized spacial score (nSPS) is 14.5. The molecule has 36 heavy (non-hydrogen) atoms. The van der Waals surface area contributed by atoms with Crippen LogP contribution in [0.5, 0.6) is 0 Å². The second kappa shape index (κ2) is 9.54. The maximum absolute atomic E-state index is 13.0. The van der Waals surface area contributed by atoms with Gasteiger partial charge < -0.3 is 15.2 Å². The predicted octanol–water partition coefficient (Wildman–Crippen LogP) is 4.84. The monoisotopic (exact) mass is 478 g/mol. The number of fused-ring (bicyclic) bond motifs is 1. The number of anilines is 1. The Morgan fingerprint density at radius 2 is 1.58 bits per heavy atom. The number of amides is 4. The Bertz CT molecular complexity index is 1500. The number of rotatable bonds is 6. The molecule has 7 heteroatoms. The van der Waals surface area contributed by atoms with Crippen LogP contribution in [0.25, 0.3) is 17.0 Å². The van der Waals surface area contributed by atoms with Gasteiger partial charge in [0.25, 0.3) is 5.91 Å². The van der Waals surface area contributed by atoms with Gasteiger partial charge in [-0.05, 0) is 43.7 Å². The van der Waals surface area contributed by atoms with Gasteiger partial charge in [-0.3, -0.25) is 9.59 Å². The average molecular weight is 479 g/mol. The molecule has 4 aromatic rings. The molecular formula is C29H26N4O3. The Kier molecular flexibility index (Phi) is 6.12. The van der Waals surface area contributed by atoms with Gasteiger partial charge in [-0.2, -0.15) is 0 Å². The first-order chi connectivity index (χ1) is 17.4. The number of imide groups is 1. The summed E-state index contributed by atoms with van der Waals surface area (Å²) < 4.78 is 2.13. The van der Waals surface area contributed by atoms with Crippen LogP contribution in [-0.4, -0.2) is 33.9 Å². The zero-order valence-electron chi connectivity index (χ0n) is 20.1. The van der Waals surface area contributed by atoms with Gasteiger partial charge in [0.1, 0.15) is 12.2 Å². The minimum absolute atomic E-state index is 0.140. The van der Waals surface area contributed by atoms with E-state index < -0.39 is 17.8 Å². The molecule has 0 radical (unpaired) electrons. The number of hydrogen-bond donors (Lipinski definition) is 2. The van der Waals surface area contributed by atoms with Crippen molar-refractivity contribution >= 4 is 40.5 Å². The second-order valence-electron chi connectivity index (χ2n) is 9.01. The third-order valence-electron chi connectivity index (χ3n) is 6.19. The third-order valence-corrected chi connectivity index (χ3v) is 6.19. The van der Waals surface area contributed by atoms with Crippen LogP contribution in [0.15, 0.2) is 84.7 Å². The standard InChI is InChI=1S/C29H26N4O3/c1-19-7-11-21(12-8-19)16-32-17-22(24-5-3-4-6-26(24)32)15-25-28(35)33(29(36)31-25)18-27(34)30-23-13-9-20(2)10-14-23/h3-15,17H,16,18H2,1-2H3,(H,30,34)(H,31,36)/b25-15+. The highest BCUT2D eigenvalue weighted by atomic mass is 16.2. The van der Waals surface area contributed by atoms with Gasteiger partial charge >= 0.3 is 6.03 Å². The summed E-state index contributed by atoms with van der Waals surface area (Å²) in [6.07, 6.45) is 3.65. The van der Waals surface area contributed by atoms with E-state index in [2.05, 4.69) is 46.4 Å². The molecule has 5 rings (SSSR count). The highest BCUT2D eigenvalue weighted by molar-refractivity contribution is 6.16. The molecule has 0 aliphatic carbocycles. The summed E-state index contributed by atoms with van der Waals surface area (Å²) in [6, 6.07) is 23.0. The number of urea groups is 1. The lowest BCUT2D eigenvalue weighted by Crippen LogP contribution is -2.38. The molecule has 0 bridgehead atoms. The minimum atomic E-state index is -0.617. The van der Waals surface area contributed by atoms with E-state index in [9.17, 15) is 14.4 Å². The van der Waals surface area contributed by atoms with Gasteiger partial charge in [-0.25, -0.2) is 9.69 Å². The van der Waals surface area contributed by atoms with Crippen molar-refractivity contribution < 1.29 is 14.4 Å². The molecular weight excluding hydrogens is 452 g/mol. The van der Waals surface area contributed by atoms with Crippen molar-refractivity contribution in [1.82, 2.24) is 14.8 Å². The number of para-hydroxylation sites is 1. The lowest BCUT2D eigenvalue weighted by molar-refractivity contribution is -0.127. The summed E-state index contributed by atoms with van der Waals surface area (Å²) in [4.78, 5) is 38.9. The first-order valence-corrected chi connectivity index (χ1v) is 11.7. The number of nitrogens with zero attached hydrogens (tertiary/aromatic N) is 2. The van der Waals surface area contributed by atoms with Crippen molar-refractivity contribution in [3.05, 3.63) is 107 Å². The van der Waals surface area contributed by atoms with Crippen LogP contribution in [-0.2, 0) is 16.1 Å². The molecule has 0 unspecified atom stereocenters. The van der Waals surface area contributed by atoms with E-state index in [1.165, 1.54) is 5.56 Å². The maximum Gasteiger partial charge on any atom is 0.329 e. The minimum Gasteiger partial charge on any atom is -0.342 e. The molecule has 2 N–H and O–H groups in total. The number of benzene rings is 3. The number of hydrogen-bond acceptors (Lipinski definition) is 3. The lowest BCUT2D eigenvalue weighted by Gasteiger charge is -2.12. The van der Waals surface area contributed by atoms with E-state index in [4.69, 9.17) is 0 Å². The third kappa shape index (κ3) is 4.77. The maximum atomic E-state index is 13.0. The molecule has 180 valence electrons. The molecule has 4 amide bonds. The Balaban J connectivity index is 1.36. The number of carbonyl (C=O) groups excluding carboxylic acids is 3. The Morgan fingerprint density at radius 3 is 2.31 bits per heavy atom. The van der Waals surface area contributed by atoms with Gasteiger partial charge in [0.2, 0.25) is 5.91 Å². The van der Waals surface area contributed by atoms with Crippen molar-refractivity contribution in [3.63, 3.8) is 0 Å². The van der Waals surface area contributed by atoms with E-state index in [1.54, 1.807) is 18.2 Å². The highest BCUT2D eigenvalue weighted by Gasteiger charge is 2.35. The SMILES string of the molecule is Cc1ccc(Cn2cc(/C=C3/NC(=O)N(CC(=O)Nc4ccc(C)cc4)C3=O)c3ccccc32)cc1. The van der Waals surface area contributed by atoms with Crippen molar-refractivity contribution in [2.24, 2.45) is 0 Å². The zero-order valence-corrected chi connectivity index (χ0v) is 20.1. The van der Waals surface area contributed by atoms with Crippen LogP contribution in [0.1, 0.15) is 22.3 Å². The predicted molar refractivity (Wildman–Crippen MR) is 140 cm³/mol. The van der Waals surface area contributed by atoms with Gasteiger partial charge in [0, 0.05) is 34.9 Å². The van der Waals surface area contributed by atoms with E-state index in [1.807, 2.05) is 49.5 Å². The second-order valence-corrected chi connectivity index (χ2v) is 9.01. The smallest absolute Gasteiger partial charge is 0.329 e.